The zero-order valence-electron chi connectivity index (χ0n) is 25.0. The number of esters is 1. The van der Waals surface area contributed by atoms with Crippen LogP contribution < -0.4 is 0 Å². The van der Waals surface area contributed by atoms with Gasteiger partial charge in [-0.1, -0.05) is 84.0 Å². The van der Waals surface area contributed by atoms with Gasteiger partial charge in [-0.25, -0.2) is 0 Å². The van der Waals surface area contributed by atoms with Crippen molar-refractivity contribution in [1.82, 2.24) is 0 Å². The molecular weight excluding hydrogens is 520 g/mol. The summed E-state index contributed by atoms with van der Waals surface area (Å²) in [5.41, 5.74) is 0. The highest BCUT2D eigenvalue weighted by Gasteiger charge is 2.44. The minimum atomic E-state index is -0.555. The van der Waals surface area contributed by atoms with E-state index in [0.29, 0.717) is 6.42 Å². The Labute approximate surface area is 242 Å². The number of rotatable bonds is 29. The Morgan fingerprint density at radius 3 is 1.93 bits per heavy atom. The third kappa shape index (κ3) is 18.6. The van der Waals surface area contributed by atoms with Crippen molar-refractivity contribution in [3.63, 3.8) is 0 Å². The number of ether oxygens (including phenoxy) is 6. The van der Waals surface area contributed by atoms with Gasteiger partial charge in [0.15, 0.2) is 0 Å². The summed E-state index contributed by atoms with van der Waals surface area (Å²) in [6.07, 6.45) is 14.8. The normalized spacial score (nSPS) is 19.8. The first-order chi connectivity index (χ1) is 19.7. The van der Waals surface area contributed by atoms with Gasteiger partial charge in [-0.2, -0.15) is 0 Å². The topological polar surface area (TPSA) is 133 Å². The molecule has 1 saturated heterocycles. The second-order valence-corrected chi connectivity index (χ2v) is 10.4. The molecule has 40 heavy (non-hydrogen) atoms. The van der Waals surface area contributed by atoms with E-state index in [-0.39, 0.29) is 72.0 Å². The lowest BCUT2D eigenvalue weighted by atomic mass is 10.0. The quantitative estimate of drug-likeness (QED) is 0.0894. The second kappa shape index (κ2) is 27.0. The van der Waals surface area contributed by atoms with Gasteiger partial charge in [-0.3, -0.25) is 4.79 Å². The highest BCUT2D eigenvalue weighted by molar-refractivity contribution is 5.69. The molecule has 0 saturated carbocycles. The van der Waals surface area contributed by atoms with Crippen molar-refractivity contribution >= 4 is 5.97 Å². The molecule has 10 nitrogen and oxygen atoms in total. The number of hydrogen-bond acceptors (Lipinski definition) is 10. The Morgan fingerprint density at radius 2 is 1.32 bits per heavy atom. The van der Waals surface area contributed by atoms with Crippen LogP contribution in [0.3, 0.4) is 0 Å². The van der Waals surface area contributed by atoms with E-state index in [4.69, 9.17) is 33.5 Å². The fourth-order valence-electron chi connectivity index (χ4n) is 4.88. The van der Waals surface area contributed by atoms with E-state index in [1.54, 1.807) is 0 Å². The van der Waals surface area contributed by atoms with E-state index in [1.165, 1.54) is 70.6 Å². The zero-order chi connectivity index (χ0) is 29.1. The van der Waals surface area contributed by atoms with Crippen molar-refractivity contribution in [1.29, 1.82) is 0 Å². The molecule has 1 aliphatic rings. The number of aliphatic hydroxyl groups excluding tert-OH is 3. The molecule has 10 heteroatoms. The Balaban J connectivity index is 2.15. The molecule has 0 spiro atoms. The molecule has 0 unspecified atom stereocenters. The van der Waals surface area contributed by atoms with Crippen LogP contribution in [-0.4, -0.2) is 112 Å². The van der Waals surface area contributed by atoms with Gasteiger partial charge in [-0.05, 0) is 6.42 Å². The minimum absolute atomic E-state index is 0.0941. The SMILES string of the molecule is CCCCCCCCCCCCCCCC(=O)OCCOC[C@@H](OCCO)[C@H]1OC[C@@H](OCCO)[C@@H]1OCCO. The Hall–Kier alpha value is -0.850. The van der Waals surface area contributed by atoms with Crippen molar-refractivity contribution < 1.29 is 48.5 Å². The number of aliphatic hydroxyl groups is 3. The molecule has 0 bridgehead atoms. The molecule has 4 atom stereocenters. The maximum absolute atomic E-state index is 12.0. The maximum Gasteiger partial charge on any atom is 0.305 e. The van der Waals surface area contributed by atoms with Crippen LogP contribution in [0.5, 0.6) is 0 Å². The minimum Gasteiger partial charge on any atom is -0.463 e. The summed E-state index contributed by atoms with van der Waals surface area (Å²) in [6.45, 7) is 2.91. The smallest absolute Gasteiger partial charge is 0.305 e. The van der Waals surface area contributed by atoms with Crippen LogP contribution >= 0.6 is 0 Å². The van der Waals surface area contributed by atoms with Crippen molar-refractivity contribution in [2.75, 3.05) is 66.1 Å². The number of carbonyl (C=O) groups excluding carboxylic acids is 1. The molecule has 1 fully saturated rings. The first kappa shape index (κ1) is 37.2. The van der Waals surface area contributed by atoms with Gasteiger partial charge >= 0.3 is 5.97 Å². The van der Waals surface area contributed by atoms with Crippen LogP contribution in [0.25, 0.3) is 0 Å². The summed E-state index contributed by atoms with van der Waals surface area (Å²) >= 11 is 0. The van der Waals surface area contributed by atoms with Crippen LogP contribution in [0, 0.1) is 0 Å². The highest BCUT2D eigenvalue weighted by Crippen LogP contribution is 2.25. The van der Waals surface area contributed by atoms with E-state index in [9.17, 15) is 15.0 Å². The lowest BCUT2D eigenvalue weighted by Crippen LogP contribution is -2.45. The van der Waals surface area contributed by atoms with Gasteiger partial charge in [-0.15, -0.1) is 0 Å². The summed E-state index contributed by atoms with van der Waals surface area (Å²) in [6, 6.07) is 0. The predicted octanol–water partition coefficient (Wildman–Crippen LogP) is 3.56. The Kier molecular flexibility index (Phi) is 25.1. The van der Waals surface area contributed by atoms with Crippen molar-refractivity contribution in [2.45, 2.75) is 121 Å². The molecule has 1 rings (SSSR count). The van der Waals surface area contributed by atoms with Crippen LogP contribution in [0.4, 0.5) is 0 Å². The van der Waals surface area contributed by atoms with Crippen LogP contribution in [0.2, 0.25) is 0 Å². The predicted molar refractivity (Wildman–Crippen MR) is 152 cm³/mol. The van der Waals surface area contributed by atoms with Crippen LogP contribution in [0.15, 0.2) is 0 Å². The summed E-state index contributed by atoms with van der Waals surface area (Å²) in [5.74, 6) is -0.208. The van der Waals surface area contributed by atoms with Crippen molar-refractivity contribution in [3.05, 3.63) is 0 Å². The van der Waals surface area contributed by atoms with Gasteiger partial charge in [0.2, 0.25) is 0 Å². The van der Waals surface area contributed by atoms with Crippen LogP contribution in [0.1, 0.15) is 96.8 Å². The number of unbranched alkanes of at least 4 members (excludes halogenated alkanes) is 12. The number of hydrogen-bond donors (Lipinski definition) is 3. The van der Waals surface area contributed by atoms with Gasteiger partial charge < -0.3 is 43.7 Å². The van der Waals surface area contributed by atoms with Crippen molar-refractivity contribution in [3.8, 4) is 0 Å². The van der Waals surface area contributed by atoms with Crippen molar-refractivity contribution in [2.24, 2.45) is 0 Å². The first-order valence-electron chi connectivity index (χ1n) is 15.7. The van der Waals surface area contributed by atoms with E-state index >= 15 is 0 Å². The van der Waals surface area contributed by atoms with E-state index in [1.807, 2.05) is 0 Å². The maximum atomic E-state index is 12.0. The van der Waals surface area contributed by atoms with Gasteiger partial charge in [0, 0.05) is 6.42 Å². The Bertz CT molecular complexity index is 565. The highest BCUT2D eigenvalue weighted by atomic mass is 16.6. The third-order valence-electron chi connectivity index (χ3n) is 7.01. The molecule has 0 aromatic heterocycles. The van der Waals surface area contributed by atoms with Gasteiger partial charge in [0.25, 0.3) is 0 Å². The fourth-order valence-corrected chi connectivity index (χ4v) is 4.88. The molecule has 1 heterocycles. The van der Waals surface area contributed by atoms with E-state index in [0.717, 1.165) is 12.8 Å². The summed E-state index contributed by atoms with van der Waals surface area (Å²) in [5, 5.41) is 27.5. The second-order valence-electron chi connectivity index (χ2n) is 10.4. The molecule has 1 aliphatic heterocycles. The molecule has 0 radical (unpaired) electrons. The monoisotopic (exact) mass is 578 g/mol. The fraction of sp³-hybridized carbons (Fsp3) is 0.967. The number of carbonyl (C=O) groups is 1. The summed E-state index contributed by atoms with van der Waals surface area (Å²) in [4.78, 5) is 12.0. The molecule has 0 amide bonds. The third-order valence-corrected chi connectivity index (χ3v) is 7.01. The molecule has 3 N–H and O–H groups in total. The molecule has 0 aliphatic carbocycles. The molecule has 238 valence electrons. The largest absolute Gasteiger partial charge is 0.463 e. The average molecular weight is 579 g/mol. The van der Waals surface area contributed by atoms with Gasteiger partial charge in [0.05, 0.1) is 59.5 Å². The lowest BCUT2D eigenvalue weighted by Gasteiger charge is -2.29. The Morgan fingerprint density at radius 1 is 0.750 bits per heavy atom. The van der Waals surface area contributed by atoms with E-state index in [2.05, 4.69) is 6.92 Å². The summed E-state index contributed by atoms with van der Waals surface area (Å²) < 4.78 is 34.0. The van der Waals surface area contributed by atoms with E-state index < -0.39 is 24.4 Å². The van der Waals surface area contributed by atoms with Gasteiger partial charge in [0.1, 0.15) is 31.0 Å². The molecule has 0 aromatic rings. The first-order valence-corrected chi connectivity index (χ1v) is 15.7. The average Bonchev–Trinajstić information content (AvgIpc) is 3.36. The molecular formula is C30H58O10. The lowest BCUT2D eigenvalue weighted by molar-refractivity contribution is -0.149. The standard InChI is InChI=1S/C30H58O10/c1-2-3-4-5-6-7-8-9-10-11-12-13-14-15-28(34)38-23-22-35-24-26(36-19-16-31)30-29(39-21-18-33)27(25-40-30)37-20-17-32/h26-27,29-33H,2-25H2,1H3/t26-,27-,29+,30-/m1/s1. The zero-order valence-corrected chi connectivity index (χ0v) is 25.0. The molecule has 0 aromatic carbocycles. The summed E-state index contributed by atoms with van der Waals surface area (Å²) in [7, 11) is 0. The van der Waals surface area contributed by atoms with Crippen LogP contribution in [-0.2, 0) is 33.2 Å².